The molecule has 0 aliphatic heterocycles. The van der Waals surface area contributed by atoms with E-state index < -0.39 is 16.5 Å². The van der Waals surface area contributed by atoms with Crippen molar-refractivity contribution in [1.29, 1.82) is 0 Å². The van der Waals surface area contributed by atoms with Crippen LogP contribution in [0.3, 0.4) is 0 Å². The van der Waals surface area contributed by atoms with Crippen LogP contribution in [0.5, 0.6) is 11.5 Å². The average Bonchev–Trinajstić information content (AvgIpc) is 3.27. The lowest BCUT2D eigenvalue weighted by Crippen LogP contribution is -2.49. The monoisotopic (exact) mass is 489 g/mol. The Morgan fingerprint density at radius 3 is 2.37 bits per heavy atom. The Labute approximate surface area is 206 Å². The maximum absolute atomic E-state index is 12.2. The van der Waals surface area contributed by atoms with Gasteiger partial charge in [0.25, 0.3) is 5.69 Å². The highest BCUT2D eigenvalue weighted by molar-refractivity contribution is 5.56. The Morgan fingerprint density at radius 1 is 1.17 bits per heavy atom. The molecule has 0 bridgehead atoms. The van der Waals surface area contributed by atoms with Gasteiger partial charge in [-0.25, -0.2) is 4.68 Å². The third-order valence-corrected chi connectivity index (χ3v) is 6.53. The van der Waals surface area contributed by atoms with Gasteiger partial charge in [0.05, 0.1) is 36.3 Å². The molecular weight excluding hydrogens is 450 g/mol. The van der Waals surface area contributed by atoms with E-state index in [1.165, 1.54) is 20.3 Å². The van der Waals surface area contributed by atoms with Crippen molar-refractivity contribution in [3.05, 3.63) is 33.6 Å². The molecular formula is C24H39N7O4. The molecule has 1 saturated carbocycles. The zero-order valence-electron chi connectivity index (χ0n) is 21.9. The Hall–Kier alpha value is -2.79. The summed E-state index contributed by atoms with van der Waals surface area (Å²) in [4.78, 5) is 11.8. The van der Waals surface area contributed by atoms with Crippen molar-refractivity contribution in [2.24, 2.45) is 11.1 Å². The summed E-state index contributed by atoms with van der Waals surface area (Å²) < 4.78 is 12.6. The molecule has 1 aliphatic carbocycles. The first-order valence-electron chi connectivity index (χ1n) is 12.1. The summed E-state index contributed by atoms with van der Waals surface area (Å²) in [6, 6.07) is 2.23. The van der Waals surface area contributed by atoms with Gasteiger partial charge in [0, 0.05) is 12.1 Å². The largest absolute Gasteiger partial charge is 0.493 e. The molecule has 2 aromatic rings. The number of methoxy groups -OCH3 is 2. The molecule has 11 nitrogen and oxygen atoms in total. The number of benzene rings is 1. The second kappa shape index (κ2) is 10.4. The van der Waals surface area contributed by atoms with Gasteiger partial charge < -0.3 is 15.2 Å². The molecule has 1 aliphatic rings. The van der Waals surface area contributed by atoms with Gasteiger partial charge in [0.1, 0.15) is 6.04 Å². The van der Waals surface area contributed by atoms with Gasteiger partial charge in [0.2, 0.25) is 0 Å². The normalized spacial score (nSPS) is 19.9. The molecule has 0 spiro atoms. The van der Waals surface area contributed by atoms with E-state index in [2.05, 4.69) is 55.5 Å². The maximum atomic E-state index is 12.2. The van der Waals surface area contributed by atoms with E-state index in [0.29, 0.717) is 17.1 Å². The third kappa shape index (κ3) is 6.07. The van der Waals surface area contributed by atoms with Gasteiger partial charge in [-0.05, 0) is 55.0 Å². The summed E-state index contributed by atoms with van der Waals surface area (Å²) in [6.45, 7) is 10.6. The van der Waals surface area contributed by atoms with Crippen LogP contribution < -0.4 is 20.5 Å². The molecule has 1 heterocycles. The summed E-state index contributed by atoms with van der Waals surface area (Å²) in [5.41, 5.74) is 6.32. The van der Waals surface area contributed by atoms with Crippen molar-refractivity contribution in [2.45, 2.75) is 90.4 Å². The zero-order chi connectivity index (χ0) is 26.0. The van der Waals surface area contributed by atoms with Gasteiger partial charge in [-0.3, -0.25) is 15.4 Å². The average molecular weight is 490 g/mol. The molecule has 0 radical (unpaired) electrons. The van der Waals surface area contributed by atoms with Crippen molar-refractivity contribution >= 4 is 5.69 Å². The first-order valence-corrected chi connectivity index (χ1v) is 12.1. The molecule has 3 atom stereocenters. The third-order valence-electron chi connectivity index (χ3n) is 6.53. The maximum Gasteiger partial charge on any atom is 0.278 e. The first kappa shape index (κ1) is 26.8. The fraction of sp³-hybridized carbons (Fsp3) is 0.708. The fourth-order valence-electron chi connectivity index (χ4n) is 5.34. The van der Waals surface area contributed by atoms with Crippen LogP contribution >= 0.6 is 0 Å². The van der Waals surface area contributed by atoms with E-state index in [-0.39, 0.29) is 28.9 Å². The van der Waals surface area contributed by atoms with Crippen LogP contribution in [0.1, 0.15) is 84.2 Å². The lowest BCUT2D eigenvalue weighted by molar-refractivity contribution is -0.385. The number of hydrogen-bond donors (Lipinski definition) is 2. The fourth-order valence-corrected chi connectivity index (χ4v) is 5.34. The van der Waals surface area contributed by atoms with Crippen LogP contribution in [0, 0.1) is 15.5 Å². The summed E-state index contributed by atoms with van der Waals surface area (Å²) in [5, 5.41) is 28.5. The van der Waals surface area contributed by atoms with E-state index in [9.17, 15) is 10.1 Å². The van der Waals surface area contributed by atoms with Crippen molar-refractivity contribution in [3.8, 4) is 11.5 Å². The zero-order valence-corrected chi connectivity index (χ0v) is 21.9. The molecule has 1 aromatic heterocycles. The number of nitrogens with two attached hydrogens (primary N) is 1. The Kier molecular flexibility index (Phi) is 8.00. The minimum Gasteiger partial charge on any atom is -0.493 e. The van der Waals surface area contributed by atoms with Crippen LogP contribution in [-0.2, 0) is 5.54 Å². The Balaban J connectivity index is 2.20. The molecule has 0 saturated heterocycles. The molecule has 3 rings (SSSR count). The van der Waals surface area contributed by atoms with E-state index in [1.807, 2.05) is 0 Å². The second-order valence-corrected chi connectivity index (χ2v) is 11.2. The van der Waals surface area contributed by atoms with Crippen LogP contribution in [0.25, 0.3) is 0 Å². The molecule has 35 heavy (non-hydrogen) atoms. The van der Waals surface area contributed by atoms with Crippen molar-refractivity contribution in [2.75, 3.05) is 14.2 Å². The van der Waals surface area contributed by atoms with Gasteiger partial charge in [-0.1, -0.05) is 33.6 Å². The summed E-state index contributed by atoms with van der Waals surface area (Å²) in [6.07, 6.45) is 4.65. The van der Waals surface area contributed by atoms with Crippen molar-refractivity contribution in [3.63, 3.8) is 0 Å². The molecule has 3 unspecified atom stereocenters. The van der Waals surface area contributed by atoms with Crippen LogP contribution in [0.2, 0.25) is 0 Å². The molecule has 3 N–H and O–H groups in total. The number of nitro benzene ring substituents is 1. The Morgan fingerprint density at radius 2 is 1.80 bits per heavy atom. The van der Waals surface area contributed by atoms with Crippen LogP contribution in [0.4, 0.5) is 5.69 Å². The summed E-state index contributed by atoms with van der Waals surface area (Å²) >= 11 is 0. The van der Waals surface area contributed by atoms with Crippen LogP contribution in [0.15, 0.2) is 12.1 Å². The summed E-state index contributed by atoms with van der Waals surface area (Å²) in [5.74, 6) is 1.16. The van der Waals surface area contributed by atoms with Gasteiger partial charge in [0.15, 0.2) is 17.3 Å². The standard InChI is InChI=1S/C24H39N7O4/c1-23(2,3)14-24(4,5)30-22(27-28-29-30)21(26-17-11-9-8-10-16(17)25)15-12-19(34-6)20(35-7)13-18(15)31(32)33/h12-13,16-17,21,26H,8-11,14,25H2,1-7H3. The number of rotatable bonds is 9. The van der Waals surface area contributed by atoms with E-state index in [1.54, 1.807) is 10.7 Å². The van der Waals surface area contributed by atoms with E-state index in [0.717, 1.165) is 32.1 Å². The number of ether oxygens (including phenoxy) is 2. The van der Waals surface area contributed by atoms with E-state index >= 15 is 0 Å². The highest BCUT2D eigenvalue weighted by Crippen LogP contribution is 2.41. The van der Waals surface area contributed by atoms with Crippen molar-refractivity contribution in [1.82, 2.24) is 25.5 Å². The number of nitrogens with one attached hydrogen (secondary N) is 1. The topological polar surface area (TPSA) is 143 Å². The summed E-state index contributed by atoms with van der Waals surface area (Å²) in [7, 11) is 2.96. The van der Waals surface area contributed by atoms with Crippen LogP contribution in [-0.4, -0.2) is 51.4 Å². The second-order valence-electron chi connectivity index (χ2n) is 11.2. The molecule has 0 amide bonds. The molecule has 194 valence electrons. The number of nitro groups is 1. The lowest BCUT2D eigenvalue weighted by atomic mass is 9.81. The molecule has 11 heteroatoms. The predicted octanol–water partition coefficient (Wildman–Crippen LogP) is 3.72. The number of hydrogen-bond acceptors (Lipinski definition) is 9. The number of aromatic nitrogens is 4. The SMILES string of the molecule is COc1cc(C(NC2CCCCC2N)c2nnnn2C(C)(C)CC(C)(C)C)c([N+](=O)[O-])cc1OC. The molecule has 1 fully saturated rings. The number of tetrazole rings is 1. The quantitative estimate of drug-likeness (QED) is 0.398. The van der Waals surface area contributed by atoms with Gasteiger partial charge in [-0.2, -0.15) is 0 Å². The minimum absolute atomic E-state index is 0.0106. The Bertz CT molecular complexity index is 1030. The highest BCUT2D eigenvalue weighted by Gasteiger charge is 2.38. The highest BCUT2D eigenvalue weighted by atomic mass is 16.6. The van der Waals surface area contributed by atoms with Crippen molar-refractivity contribution < 1.29 is 14.4 Å². The molecule has 1 aromatic carbocycles. The van der Waals surface area contributed by atoms with Gasteiger partial charge in [-0.15, -0.1) is 5.10 Å². The lowest BCUT2D eigenvalue weighted by Gasteiger charge is -2.36. The van der Waals surface area contributed by atoms with E-state index in [4.69, 9.17) is 15.2 Å². The first-order chi connectivity index (χ1) is 16.4. The van der Waals surface area contributed by atoms with Gasteiger partial charge >= 0.3 is 0 Å². The minimum atomic E-state index is -0.682. The number of nitrogens with zero attached hydrogens (tertiary/aromatic N) is 5. The smallest absolute Gasteiger partial charge is 0.278 e. The predicted molar refractivity (Wildman–Crippen MR) is 133 cm³/mol.